The second-order valence-corrected chi connectivity index (χ2v) is 8.52. The first-order chi connectivity index (χ1) is 14.8. The van der Waals surface area contributed by atoms with Crippen molar-refractivity contribution in [2.45, 2.75) is 46.7 Å². The van der Waals surface area contributed by atoms with E-state index in [1.54, 1.807) is 14.2 Å². The molecule has 0 saturated carbocycles. The molecule has 2 rings (SSSR count). The summed E-state index contributed by atoms with van der Waals surface area (Å²) in [5.41, 5.74) is 0.618. The number of carbonyl (C=O) groups excluding carboxylic acids is 1. The summed E-state index contributed by atoms with van der Waals surface area (Å²) in [5, 5.41) is 9.73. The van der Waals surface area contributed by atoms with Crippen LogP contribution in [0.25, 0.3) is 0 Å². The lowest BCUT2D eigenvalue weighted by Gasteiger charge is -2.23. The smallest absolute Gasteiger partial charge is 0.227 e. The number of methoxy groups -OCH3 is 2. The second kappa shape index (κ2) is 13.7. The van der Waals surface area contributed by atoms with E-state index < -0.39 is 5.41 Å². The Hall–Kier alpha value is -1.75. The monoisotopic (exact) mass is 561 g/mol. The zero-order chi connectivity index (χ0) is 22.9. The minimum Gasteiger partial charge on any atom is -0.497 e. The van der Waals surface area contributed by atoms with E-state index in [1.165, 1.54) is 5.56 Å². The van der Waals surface area contributed by atoms with Gasteiger partial charge in [-0.3, -0.25) is 14.7 Å². The third-order valence-corrected chi connectivity index (χ3v) is 5.36. The molecule has 1 unspecified atom stereocenters. The Labute approximate surface area is 209 Å². The molecule has 1 aromatic rings. The Morgan fingerprint density at radius 2 is 1.75 bits per heavy atom. The first-order valence-electron chi connectivity index (χ1n) is 11.1. The predicted octanol–water partition coefficient (Wildman–Crippen LogP) is 2.61. The summed E-state index contributed by atoms with van der Waals surface area (Å²) in [6.07, 6.45) is 1.03. The third-order valence-electron chi connectivity index (χ3n) is 5.36. The Bertz CT molecular complexity index is 735. The van der Waals surface area contributed by atoms with E-state index >= 15 is 0 Å². The van der Waals surface area contributed by atoms with Gasteiger partial charge in [-0.15, -0.1) is 24.0 Å². The lowest BCUT2D eigenvalue weighted by Crippen LogP contribution is -2.46. The van der Waals surface area contributed by atoms with Gasteiger partial charge < -0.3 is 25.4 Å². The number of hydrogen-bond donors (Lipinski definition) is 3. The average molecular weight is 562 g/mol. The minimum absolute atomic E-state index is 0. The second-order valence-electron chi connectivity index (χ2n) is 8.52. The molecule has 0 aliphatic carbocycles. The highest BCUT2D eigenvalue weighted by Crippen LogP contribution is 2.24. The number of aliphatic imine (C=N–C) groups is 1. The molecular weight excluding hydrogens is 521 g/mol. The number of guanidine groups is 1. The number of nitrogens with one attached hydrogen (secondary N) is 3. The molecule has 1 heterocycles. The van der Waals surface area contributed by atoms with Gasteiger partial charge in [-0.25, -0.2) is 0 Å². The molecule has 1 aliphatic heterocycles. The van der Waals surface area contributed by atoms with Gasteiger partial charge in [0, 0.05) is 44.8 Å². The van der Waals surface area contributed by atoms with E-state index in [9.17, 15) is 4.79 Å². The number of benzene rings is 1. The molecule has 8 nitrogen and oxygen atoms in total. The molecule has 0 spiro atoms. The van der Waals surface area contributed by atoms with E-state index in [0.29, 0.717) is 19.1 Å². The third kappa shape index (κ3) is 8.65. The molecule has 1 amide bonds. The standard InChI is InChI=1S/C23H39N5O3.HI/c1-7-24-21(29)23(3,4)16-26-22(25-8-2)27-18-9-10-28(15-18)14-17-11-19(30-5)13-20(12-17)31-6;/h11-13,18H,7-10,14-16H2,1-6H3,(H,24,29)(H2,25,26,27);1H. The fourth-order valence-electron chi connectivity index (χ4n) is 3.57. The van der Waals surface area contributed by atoms with Crippen molar-refractivity contribution < 1.29 is 14.3 Å². The maximum Gasteiger partial charge on any atom is 0.227 e. The Balaban J connectivity index is 0.00000512. The highest BCUT2D eigenvalue weighted by atomic mass is 127. The fraction of sp³-hybridized carbons (Fsp3) is 0.652. The van der Waals surface area contributed by atoms with Crippen molar-refractivity contribution in [1.82, 2.24) is 20.9 Å². The molecule has 1 saturated heterocycles. The van der Waals surface area contributed by atoms with E-state index in [-0.39, 0.29) is 29.9 Å². The molecule has 182 valence electrons. The summed E-state index contributed by atoms with van der Waals surface area (Å²) in [4.78, 5) is 19.3. The van der Waals surface area contributed by atoms with Crippen molar-refractivity contribution in [3.63, 3.8) is 0 Å². The van der Waals surface area contributed by atoms with Gasteiger partial charge in [-0.2, -0.15) is 0 Å². The Kier molecular flexibility index (Phi) is 12.1. The molecule has 0 radical (unpaired) electrons. The number of carbonyl (C=O) groups is 1. The van der Waals surface area contributed by atoms with Crippen molar-refractivity contribution in [3.8, 4) is 11.5 Å². The number of halogens is 1. The van der Waals surface area contributed by atoms with Gasteiger partial charge >= 0.3 is 0 Å². The SMILES string of the molecule is CCNC(=O)C(C)(C)CN=C(NCC)NC1CCN(Cc2cc(OC)cc(OC)c2)C1.I. The van der Waals surface area contributed by atoms with Crippen LogP contribution in [0.5, 0.6) is 11.5 Å². The lowest BCUT2D eigenvalue weighted by molar-refractivity contribution is -0.128. The number of likely N-dealkylation sites (tertiary alicyclic amines) is 1. The summed E-state index contributed by atoms with van der Waals surface area (Å²) in [5.74, 6) is 2.39. The van der Waals surface area contributed by atoms with Gasteiger partial charge in [0.05, 0.1) is 26.2 Å². The fourth-order valence-corrected chi connectivity index (χ4v) is 3.57. The van der Waals surface area contributed by atoms with Gasteiger partial charge in [-0.05, 0) is 51.8 Å². The molecule has 1 atom stereocenters. The molecule has 9 heteroatoms. The molecule has 1 fully saturated rings. The van der Waals surface area contributed by atoms with Gasteiger partial charge in [0.2, 0.25) is 5.91 Å². The molecular formula is C23H40IN5O3. The molecule has 1 aliphatic rings. The van der Waals surface area contributed by atoms with Crippen LogP contribution < -0.4 is 25.4 Å². The zero-order valence-electron chi connectivity index (χ0n) is 20.3. The number of rotatable bonds is 10. The van der Waals surface area contributed by atoms with Crippen molar-refractivity contribution in [3.05, 3.63) is 23.8 Å². The molecule has 32 heavy (non-hydrogen) atoms. The van der Waals surface area contributed by atoms with Gasteiger partial charge in [0.1, 0.15) is 11.5 Å². The predicted molar refractivity (Wildman–Crippen MR) is 140 cm³/mol. The first-order valence-corrected chi connectivity index (χ1v) is 11.1. The maximum absolute atomic E-state index is 12.2. The van der Waals surface area contributed by atoms with Crippen LogP contribution in [0.15, 0.2) is 23.2 Å². The highest BCUT2D eigenvalue weighted by molar-refractivity contribution is 14.0. The summed E-state index contributed by atoms with van der Waals surface area (Å²) in [6.45, 7) is 12.4. The Morgan fingerprint density at radius 1 is 1.12 bits per heavy atom. The van der Waals surface area contributed by atoms with Crippen LogP contribution in [0, 0.1) is 5.41 Å². The van der Waals surface area contributed by atoms with E-state index in [1.807, 2.05) is 33.8 Å². The van der Waals surface area contributed by atoms with Gasteiger partial charge in [0.15, 0.2) is 5.96 Å². The zero-order valence-corrected chi connectivity index (χ0v) is 22.6. The molecule has 0 aromatic heterocycles. The minimum atomic E-state index is -0.550. The van der Waals surface area contributed by atoms with Crippen molar-refractivity contribution in [1.29, 1.82) is 0 Å². The molecule has 0 bridgehead atoms. The Morgan fingerprint density at radius 3 is 2.31 bits per heavy atom. The topological polar surface area (TPSA) is 87.2 Å². The van der Waals surface area contributed by atoms with Crippen LogP contribution in [-0.2, 0) is 11.3 Å². The van der Waals surface area contributed by atoms with Crippen molar-refractivity contribution >= 4 is 35.8 Å². The lowest BCUT2D eigenvalue weighted by atomic mass is 9.92. The normalized spacial score (nSPS) is 16.8. The van der Waals surface area contributed by atoms with E-state index in [2.05, 4.69) is 38.0 Å². The quantitative estimate of drug-likeness (QED) is 0.232. The number of ether oxygens (including phenoxy) is 2. The number of hydrogen-bond acceptors (Lipinski definition) is 5. The number of nitrogens with zero attached hydrogens (tertiary/aromatic N) is 2. The van der Waals surface area contributed by atoms with Crippen molar-refractivity contribution in [2.75, 3.05) is 46.9 Å². The van der Waals surface area contributed by atoms with Crippen LogP contribution in [0.2, 0.25) is 0 Å². The van der Waals surface area contributed by atoms with Crippen LogP contribution in [0.1, 0.15) is 39.7 Å². The van der Waals surface area contributed by atoms with Gasteiger partial charge in [-0.1, -0.05) is 0 Å². The average Bonchev–Trinajstić information content (AvgIpc) is 3.18. The maximum atomic E-state index is 12.2. The summed E-state index contributed by atoms with van der Waals surface area (Å²) in [7, 11) is 3.34. The van der Waals surface area contributed by atoms with E-state index in [4.69, 9.17) is 9.47 Å². The first kappa shape index (κ1) is 28.3. The van der Waals surface area contributed by atoms with Crippen LogP contribution >= 0.6 is 24.0 Å². The highest BCUT2D eigenvalue weighted by Gasteiger charge is 2.28. The molecule has 1 aromatic carbocycles. The number of amides is 1. The summed E-state index contributed by atoms with van der Waals surface area (Å²) >= 11 is 0. The van der Waals surface area contributed by atoms with Crippen molar-refractivity contribution in [2.24, 2.45) is 10.4 Å². The van der Waals surface area contributed by atoms with Gasteiger partial charge in [0.25, 0.3) is 0 Å². The largest absolute Gasteiger partial charge is 0.497 e. The summed E-state index contributed by atoms with van der Waals surface area (Å²) < 4.78 is 10.8. The summed E-state index contributed by atoms with van der Waals surface area (Å²) in [6, 6.07) is 6.30. The van der Waals surface area contributed by atoms with Crippen LogP contribution in [0.4, 0.5) is 0 Å². The molecule has 3 N–H and O–H groups in total. The van der Waals surface area contributed by atoms with Crippen LogP contribution in [0.3, 0.4) is 0 Å². The van der Waals surface area contributed by atoms with Crippen LogP contribution in [-0.4, -0.2) is 69.8 Å². The van der Waals surface area contributed by atoms with E-state index in [0.717, 1.165) is 50.1 Å².